The Morgan fingerprint density at radius 3 is 2.73 bits per heavy atom. The minimum Gasteiger partial charge on any atom is -0.300 e. The zero-order valence-corrected chi connectivity index (χ0v) is 13.5. The monoisotopic (exact) mass is 342 g/mol. The Labute approximate surface area is 133 Å². The first kappa shape index (κ1) is 16.4. The SMILES string of the molecule is CCc1nnc(NC(=O)C(CC)Sc2n[nH]c(=O)[nH]c2=O)s1. The summed E-state index contributed by atoms with van der Waals surface area (Å²) in [4.78, 5) is 36.8. The number of nitrogens with zero attached hydrogens (tertiary/aromatic N) is 3. The molecule has 0 aliphatic carbocycles. The van der Waals surface area contributed by atoms with Gasteiger partial charge in [-0.3, -0.25) is 19.9 Å². The molecule has 2 rings (SSSR count). The molecule has 11 heteroatoms. The fourth-order valence-corrected chi connectivity index (χ4v) is 3.05. The number of thioether (sulfide) groups is 1. The van der Waals surface area contributed by atoms with Crippen LogP contribution in [0, 0.1) is 0 Å². The number of aromatic nitrogens is 5. The summed E-state index contributed by atoms with van der Waals surface area (Å²) in [5.74, 6) is -0.293. The lowest BCUT2D eigenvalue weighted by molar-refractivity contribution is -0.115. The zero-order chi connectivity index (χ0) is 16.1. The third-order valence-corrected chi connectivity index (χ3v) is 4.91. The van der Waals surface area contributed by atoms with Crippen LogP contribution >= 0.6 is 23.1 Å². The molecule has 0 spiro atoms. The molecule has 0 saturated carbocycles. The maximum atomic E-state index is 12.2. The number of H-pyrrole nitrogens is 2. The van der Waals surface area contributed by atoms with Gasteiger partial charge in [0, 0.05) is 0 Å². The van der Waals surface area contributed by atoms with E-state index in [1.165, 1.54) is 11.3 Å². The van der Waals surface area contributed by atoms with Gasteiger partial charge in [0.25, 0.3) is 5.56 Å². The van der Waals surface area contributed by atoms with E-state index in [1.807, 2.05) is 13.8 Å². The van der Waals surface area contributed by atoms with Crippen LogP contribution in [-0.4, -0.2) is 36.5 Å². The van der Waals surface area contributed by atoms with Crippen molar-refractivity contribution in [3.8, 4) is 0 Å². The van der Waals surface area contributed by atoms with Crippen molar-refractivity contribution in [2.24, 2.45) is 0 Å². The van der Waals surface area contributed by atoms with E-state index in [2.05, 4.69) is 30.7 Å². The van der Waals surface area contributed by atoms with E-state index in [1.54, 1.807) is 0 Å². The highest BCUT2D eigenvalue weighted by Gasteiger charge is 2.21. The van der Waals surface area contributed by atoms with Gasteiger partial charge in [0.1, 0.15) is 5.01 Å². The standard InChI is InChI=1S/C11H14N6O3S2/c1-3-5(21-9-8(19)12-10(20)16-15-9)7(18)13-11-17-14-6(4-2)22-11/h5H,3-4H2,1-2H3,(H,13,17,18)(H2,12,16,19,20). The summed E-state index contributed by atoms with van der Waals surface area (Å²) in [6, 6.07) is 0. The molecule has 3 N–H and O–H groups in total. The lowest BCUT2D eigenvalue weighted by atomic mass is 10.3. The largest absolute Gasteiger partial charge is 0.342 e. The Morgan fingerprint density at radius 1 is 1.36 bits per heavy atom. The third-order valence-electron chi connectivity index (χ3n) is 2.60. The number of aromatic amines is 2. The summed E-state index contributed by atoms with van der Waals surface area (Å²) in [6.45, 7) is 3.76. The van der Waals surface area contributed by atoms with Crippen LogP contribution in [0.25, 0.3) is 0 Å². The van der Waals surface area contributed by atoms with Gasteiger partial charge in [0.05, 0.1) is 5.25 Å². The topological polar surface area (TPSA) is 133 Å². The van der Waals surface area contributed by atoms with E-state index in [9.17, 15) is 14.4 Å². The second-order valence-electron chi connectivity index (χ2n) is 4.17. The van der Waals surface area contributed by atoms with Crippen molar-refractivity contribution < 1.29 is 4.79 Å². The molecular formula is C11H14N6O3S2. The summed E-state index contributed by atoms with van der Waals surface area (Å²) in [5.41, 5.74) is -1.31. The van der Waals surface area contributed by atoms with E-state index in [-0.39, 0.29) is 10.9 Å². The lowest BCUT2D eigenvalue weighted by Gasteiger charge is -2.11. The van der Waals surface area contributed by atoms with Gasteiger partial charge in [0.2, 0.25) is 11.0 Å². The molecule has 118 valence electrons. The van der Waals surface area contributed by atoms with Gasteiger partial charge in [0.15, 0.2) is 5.03 Å². The van der Waals surface area contributed by atoms with Gasteiger partial charge in [-0.15, -0.1) is 10.2 Å². The molecule has 0 aliphatic rings. The summed E-state index contributed by atoms with van der Waals surface area (Å²) in [6.07, 6.45) is 1.23. The molecule has 1 unspecified atom stereocenters. The average molecular weight is 342 g/mol. The number of amides is 1. The Bertz CT molecular complexity index is 767. The summed E-state index contributed by atoms with van der Waals surface area (Å²) < 4.78 is 0. The van der Waals surface area contributed by atoms with Crippen molar-refractivity contribution in [3.63, 3.8) is 0 Å². The number of hydrogen-bond donors (Lipinski definition) is 3. The van der Waals surface area contributed by atoms with Crippen molar-refractivity contribution >= 4 is 34.1 Å². The molecule has 0 radical (unpaired) electrons. The van der Waals surface area contributed by atoms with Crippen molar-refractivity contribution in [1.29, 1.82) is 0 Å². The molecule has 1 amide bonds. The van der Waals surface area contributed by atoms with Gasteiger partial charge >= 0.3 is 5.69 Å². The second kappa shape index (κ2) is 7.31. The van der Waals surface area contributed by atoms with Crippen molar-refractivity contribution in [2.45, 2.75) is 37.0 Å². The quantitative estimate of drug-likeness (QED) is 0.646. The molecule has 22 heavy (non-hydrogen) atoms. The average Bonchev–Trinajstić information content (AvgIpc) is 2.94. The van der Waals surface area contributed by atoms with Gasteiger partial charge in [-0.25, -0.2) is 9.89 Å². The van der Waals surface area contributed by atoms with Crippen LogP contribution in [0.3, 0.4) is 0 Å². The molecule has 0 aromatic carbocycles. The Balaban J connectivity index is 2.08. The number of carbonyl (C=O) groups excluding carboxylic acids is 1. The summed E-state index contributed by atoms with van der Waals surface area (Å²) in [7, 11) is 0. The molecule has 2 aromatic heterocycles. The Kier molecular flexibility index (Phi) is 5.44. The van der Waals surface area contributed by atoms with Crippen molar-refractivity contribution in [2.75, 3.05) is 5.32 Å². The normalized spacial score (nSPS) is 12.1. The van der Waals surface area contributed by atoms with Crippen LogP contribution in [-0.2, 0) is 11.2 Å². The maximum absolute atomic E-state index is 12.2. The van der Waals surface area contributed by atoms with Gasteiger partial charge in [-0.05, 0) is 12.8 Å². The van der Waals surface area contributed by atoms with E-state index < -0.39 is 16.5 Å². The second-order valence-corrected chi connectivity index (χ2v) is 6.42. The minimum absolute atomic E-state index is 0.0353. The first-order valence-corrected chi connectivity index (χ1v) is 8.22. The molecule has 0 saturated heterocycles. The number of aryl methyl sites for hydroxylation is 1. The number of rotatable bonds is 6. The predicted octanol–water partition coefficient (Wildman–Crippen LogP) is 0.381. The van der Waals surface area contributed by atoms with Crippen LogP contribution in [0.15, 0.2) is 14.6 Å². The number of carbonyl (C=O) groups is 1. The molecule has 2 aromatic rings. The molecule has 9 nitrogen and oxygen atoms in total. The molecule has 0 aliphatic heterocycles. The highest BCUT2D eigenvalue weighted by Crippen LogP contribution is 2.23. The van der Waals surface area contributed by atoms with Crippen molar-refractivity contribution in [1.82, 2.24) is 25.4 Å². The van der Waals surface area contributed by atoms with E-state index >= 15 is 0 Å². The fourth-order valence-electron chi connectivity index (χ4n) is 1.51. The number of nitrogens with one attached hydrogen (secondary N) is 3. The van der Waals surface area contributed by atoms with E-state index in [0.717, 1.165) is 23.2 Å². The predicted molar refractivity (Wildman–Crippen MR) is 83.3 cm³/mol. The molecule has 0 bridgehead atoms. The van der Waals surface area contributed by atoms with Crippen LogP contribution in [0.5, 0.6) is 0 Å². The smallest absolute Gasteiger partial charge is 0.300 e. The van der Waals surface area contributed by atoms with Gasteiger partial charge < -0.3 is 0 Å². The van der Waals surface area contributed by atoms with Gasteiger partial charge in [-0.2, -0.15) is 5.10 Å². The lowest BCUT2D eigenvalue weighted by Crippen LogP contribution is -2.29. The zero-order valence-electron chi connectivity index (χ0n) is 11.9. The summed E-state index contributed by atoms with van der Waals surface area (Å²) in [5, 5.41) is 17.0. The van der Waals surface area contributed by atoms with E-state index in [0.29, 0.717) is 11.6 Å². The van der Waals surface area contributed by atoms with Crippen LogP contribution < -0.4 is 16.6 Å². The highest BCUT2D eigenvalue weighted by molar-refractivity contribution is 8.00. The Morgan fingerprint density at radius 2 is 2.14 bits per heavy atom. The fraction of sp³-hybridized carbons (Fsp3) is 0.455. The van der Waals surface area contributed by atoms with Crippen LogP contribution in [0.4, 0.5) is 5.13 Å². The number of hydrogen-bond acceptors (Lipinski definition) is 8. The molecule has 0 fully saturated rings. The third kappa shape index (κ3) is 4.01. The van der Waals surface area contributed by atoms with Gasteiger partial charge in [-0.1, -0.05) is 36.9 Å². The summed E-state index contributed by atoms with van der Waals surface area (Å²) >= 11 is 2.29. The van der Waals surface area contributed by atoms with Crippen molar-refractivity contribution in [3.05, 3.63) is 25.8 Å². The molecule has 1 atom stereocenters. The molecular weight excluding hydrogens is 328 g/mol. The minimum atomic E-state index is -0.687. The highest BCUT2D eigenvalue weighted by atomic mass is 32.2. The maximum Gasteiger partial charge on any atom is 0.342 e. The first-order valence-electron chi connectivity index (χ1n) is 6.52. The Hall–Kier alpha value is -2.01. The van der Waals surface area contributed by atoms with Crippen LogP contribution in [0.2, 0.25) is 0 Å². The van der Waals surface area contributed by atoms with E-state index in [4.69, 9.17) is 0 Å². The first-order chi connectivity index (χ1) is 10.5. The van der Waals surface area contributed by atoms with Crippen LogP contribution in [0.1, 0.15) is 25.3 Å². The number of anilines is 1. The molecule has 2 heterocycles.